The first-order chi connectivity index (χ1) is 3.27. The Hall–Kier alpha value is 0.250. The normalized spacial score (nSPS) is 7.62. The van der Waals surface area contributed by atoms with Gasteiger partial charge in [-0.05, 0) is 6.26 Å². The van der Waals surface area contributed by atoms with Crippen LogP contribution in [-0.4, -0.2) is 23.1 Å². The van der Waals surface area contributed by atoms with Crippen molar-refractivity contribution in [2.75, 3.05) is 12.0 Å². The van der Waals surface area contributed by atoms with Crippen LogP contribution in [0.3, 0.4) is 0 Å². The van der Waals surface area contributed by atoms with Crippen molar-refractivity contribution >= 4 is 27.6 Å². The minimum absolute atomic E-state index is 0. The summed E-state index contributed by atoms with van der Waals surface area (Å²) in [5.41, 5.74) is 0. The second-order valence-corrected chi connectivity index (χ2v) is 2.12. The highest BCUT2D eigenvalue weighted by Gasteiger charge is 1.91. The summed E-state index contributed by atoms with van der Waals surface area (Å²) in [6.45, 7) is 0. The fourth-order valence-electron chi connectivity index (χ4n) is 0.189. The molecule has 4 heteroatoms. The van der Waals surface area contributed by atoms with E-state index in [2.05, 4.69) is 0 Å². The molecule has 0 spiro atoms. The van der Waals surface area contributed by atoms with E-state index in [4.69, 9.17) is 5.11 Å². The van der Waals surface area contributed by atoms with Gasteiger partial charge in [-0.25, -0.2) is 0 Å². The lowest BCUT2D eigenvalue weighted by atomic mass is 10.5. The van der Waals surface area contributed by atoms with Gasteiger partial charge in [0.2, 0.25) is 0 Å². The number of carbonyl (C=O) groups is 1. The predicted molar refractivity (Wildman–Crippen MR) is 41.7 cm³/mol. The summed E-state index contributed by atoms with van der Waals surface area (Å²) in [4.78, 5) is 9.74. The van der Waals surface area contributed by atoms with Crippen molar-refractivity contribution in [1.29, 1.82) is 0 Å². The number of rotatable bonds is 3. The first-order valence-electron chi connectivity index (χ1n) is 1.98. The van der Waals surface area contributed by atoms with E-state index in [1.807, 2.05) is 6.26 Å². The predicted octanol–water partition coefficient (Wildman–Crippen LogP) is 0.882. The number of carboxylic acid groups (broad SMARTS) is 1. The van der Waals surface area contributed by atoms with Crippen LogP contribution in [0.15, 0.2) is 0 Å². The minimum atomic E-state index is -0.714. The fraction of sp³-hybridized carbons (Fsp3) is 0.750. The Labute approximate surface area is 56.7 Å². The Balaban J connectivity index is 0. The monoisotopic (exact) mass is 154 g/mol. The van der Waals surface area contributed by atoms with Crippen LogP contribution in [0.2, 0.25) is 0 Å². The Bertz CT molecular complexity index is 67.1. The summed E-state index contributed by atoms with van der Waals surface area (Å²) >= 11 is 1.55. The lowest BCUT2D eigenvalue weighted by Gasteiger charge is -1.85. The molecule has 1 N–H and O–H groups in total. The van der Waals surface area contributed by atoms with Crippen LogP contribution in [0.1, 0.15) is 6.42 Å². The van der Waals surface area contributed by atoms with Gasteiger partial charge in [0.25, 0.3) is 0 Å². The molecule has 0 rings (SSSR count). The molecule has 0 saturated heterocycles. The number of thioether (sulfide) groups is 1. The molecule has 0 saturated carbocycles. The van der Waals surface area contributed by atoms with Crippen LogP contribution in [0.4, 0.5) is 0 Å². The zero-order chi connectivity index (χ0) is 5.70. The van der Waals surface area contributed by atoms with Gasteiger partial charge in [-0.1, -0.05) is 0 Å². The molecular weight excluding hydrogens is 143 g/mol. The van der Waals surface area contributed by atoms with Crippen molar-refractivity contribution in [3.8, 4) is 0 Å². The van der Waals surface area contributed by atoms with Crippen molar-refractivity contribution in [3.63, 3.8) is 0 Å². The maximum Gasteiger partial charge on any atom is 0.304 e. The highest BCUT2D eigenvalue weighted by Crippen LogP contribution is 1.93. The SMILES string of the molecule is CSCCC(=O)O.P. The van der Waals surface area contributed by atoms with E-state index in [1.54, 1.807) is 11.8 Å². The van der Waals surface area contributed by atoms with E-state index in [1.165, 1.54) is 0 Å². The van der Waals surface area contributed by atoms with Crippen molar-refractivity contribution in [2.24, 2.45) is 0 Å². The lowest BCUT2D eigenvalue weighted by Crippen LogP contribution is -1.94. The molecule has 0 aromatic heterocycles. The molecule has 0 heterocycles. The fourth-order valence-corrected chi connectivity index (χ4v) is 0.568. The third kappa shape index (κ3) is 9.54. The topological polar surface area (TPSA) is 37.3 Å². The summed E-state index contributed by atoms with van der Waals surface area (Å²) in [6, 6.07) is 0. The van der Waals surface area contributed by atoms with Gasteiger partial charge in [-0.3, -0.25) is 4.79 Å². The molecule has 0 aliphatic carbocycles. The van der Waals surface area contributed by atoms with E-state index >= 15 is 0 Å². The van der Waals surface area contributed by atoms with Crippen LogP contribution >= 0.6 is 21.7 Å². The zero-order valence-electron chi connectivity index (χ0n) is 4.89. The highest BCUT2D eigenvalue weighted by atomic mass is 32.2. The maximum absolute atomic E-state index is 9.74. The number of hydrogen-bond donors (Lipinski definition) is 1. The lowest BCUT2D eigenvalue weighted by molar-refractivity contribution is -0.136. The first kappa shape index (κ1) is 11.1. The molecule has 2 nitrogen and oxygen atoms in total. The van der Waals surface area contributed by atoms with E-state index in [9.17, 15) is 4.79 Å². The Morgan fingerprint density at radius 3 is 2.38 bits per heavy atom. The summed E-state index contributed by atoms with van der Waals surface area (Å²) in [7, 11) is 0. The van der Waals surface area contributed by atoms with Gasteiger partial charge in [0.05, 0.1) is 6.42 Å². The molecule has 50 valence electrons. The average molecular weight is 154 g/mol. The van der Waals surface area contributed by atoms with Gasteiger partial charge in [0.1, 0.15) is 0 Å². The Morgan fingerprint density at radius 1 is 1.75 bits per heavy atom. The van der Waals surface area contributed by atoms with E-state index < -0.39 is 5.97 Å². The molecule has 0 bridgehead atoms. The molecular formula is C4H11O2PS. The molecule has 0 aromatic rings. The number of aliphatic carboxylic acids is 1. The van der Waals surface area contributed by atoms with Crippen molar-refractivity contribution in [3.05, 3.63) is 0 Å². The van der Waals surface area contributed by atoms with Crippen LogP contribution < -0.4 is 0 Å². The summed E-state index contributed by atoms with van der Waals surface area (Å²) in [5.74, 6) is 0.00403. The van der Waals surface area contributed by atoms with Crippen molar-refractivity contribution in [2.45, 2.75) is 6.42 Å². The molecule has 8 heavy (non-hydrogen) atoms. The van der Waals surface area contributed by atoms with Crippen LogP contribution in [0.25, 0.3) is 0 Å². The van der Waals surface area contributed by atoms with E-state index in [-0.39, 0.29) is 16.3 Å². The van der Waals surface area contributed by atoms with Gasteiger partial charge in [0.15, 0.2) is 0 Å². The molecule has 1 atom stereocenters. The number of carboxylic acids is 1. The molecule has 0 fully saturated rings. The summed E-state index contributed by atoms with van der Waals surface area (Å²) in [6.07, 6.45) is 2.17. The summed E-state index contributed by atoms with van der Waals surface area (Å²) in [5, 5.41) is 8.03. The molecule has 1 unspecified atom stereocenters. The van der Waals surface area contributed by atoms with Gasteiger partial charge in [-0.2, -0.15) is 21.7 Å². The molecule has 0 aliphatic heterocycles. The van der Waals surface area contributed by atoms with Gasteiger partial charge in [-0.15, -0.1) is 0 Å². The second-order valence-electron chi connectivity index (χ2n) is 1.14. The standard InChI is InChI=1S/C4H8O2S.H3P/c1-7-3-2-4(5)6;/h2-3H2,1H3,(H,5,6);1H3. The Morgan fingerprint density at radius 2 is 2.25 bits per heavy atom. The maximum atomic E-state index is 9.74. The van der Waals surface area contributed by atoms with E-state index in [0.717, 1.165) is 5.75 Å². The van der Waals surface area contributed by atoms with Gasteiger partial charge >= 0.3 is 5.97 Å². The van der Waals surface area contributed by atoms with E-state index in [0.29, 0.717) is 0 Å². The van der Waals surface area contributed by atoms with Crippen LogP contribution in [0.5, 0.6) is 0 Å². The van der Waals surface area contributed by atoms with Crippen molar-refractivity contribution in [1.82, 2.24) is 0 Å². The largest absolute Gasteiger partial charge is 0.481 e. The average Bonchev–Trinajstić information content (AvgIpc) is 1.61. The summed E-state index contributed by atoms with van der Waals surface area (Å²) < 4.78 is 0. The Kier molecular flexibility index (Phi) is 10.1. The van der Waals surface area contributed by atoms with Crippen LogP contribution in [-0.2, 0) is 4.79 Å². The third-order valence-corrected chi connectivity index (χ3v) is 1.13. The molecule has 0 aliphatic rings. The minimum Gasteiger partial charge on any atom is -0.481 e. The van der Waals surface area contributed by atoms with Gasteiger partial charge < -0.3 is 5.11 Å². The smallest absolute Gasteiger partial charge is 0.304 e. The quantitative estimate of drug-likeness (QED) is 0.613. The zero-order valence-corrected chi connectivity index (χ0v) is 7.12. The number of hydrogen-bond acceptors (Lipinski definition) is 2. The van der Waals surface area contributed by atoms with Gasteiger partial charge in [0, 0.05) is 5.75 Å². The molecule has 0 aromatic carbocycles. The molecule has 0 radical (unpaired) electrons. The third-order valence-electron chi connectivity index (χ3n) is 0.520. The molecule has 0 amide bonds. The first-order valence-corrected chi connectivity index (χ1v) is 3.37. The van der Waals surface area contributed by atoms with Crippen molar-refractivity contribution < 1.29 is 9.90 Å². The highest BCUT2D eigenvalue weighted by molar-refractivity contribution is 7.98. The second kappa shape index (κ2) is 7.25. The van der Waals surface area contributed by atoms with Crippen LogP contribution in [0, 0.1) is 0 Å².